The number of hydrogen-bond donors (Lipinski definition) is 1. The number of nitrogens with one attached hydrogen (secondary N) is 1. The van der Waals surface area contributed by atoms with Crippen LogP contribution in [0.2, 0.25) is 0 Å². The van der Waals surface area contributed by atoms with E-state index < -0.39 is 0 Å². The lowest BCUT2D eigenvalue weighted by Gasteiger charge is -2.23. The molecule has 0 radical (unpaired) electrons. The van der Waals surface area contributed by atoms with Gasteiger partial charge in [-0.3, -0.25) is 0 Å². The van der Waals surface area contributed by atoms with Gasteiger partial charge in [0, 0.05) is 16.9 Å². The highest BCUT2D eigenvalue weighted by atomic mass is 79.9. The third-order valence-electron chi connectivity index (χ3n) is 3.79. The summed E-state index contributed by atoms with van der Waals surface area (Å²) < 4.78 is 6.58. The molecule has 2 rings (SSSR count). The third-order valence-corrected chi connectivity index (χ3v) is 4.56. The molecular weight excluding hydrogens is 330 g/mol. The number of aromatic nitrogens is 2. The van der Waals surface area contributed by atoms with Gasteiger partial charge in [-0.05, 0) is 31.5 Å². The molecule has 0 saturated carbocycles. The van der Waals surface area contributed by atoms with E-state index in [1.54, 1.807) is 0 Å². The van der Waals surface area contributed by atoms with Crippen molar-refractivity contribution in [2.75, 3.05) is 7.05 Å². The van der Waals surface area contributed by atoms with Gasteiger partial charge in [-0.2, -0.15) is 4.98 Å². The van der Waals surface area contributed by atoms with E-state index in [1.807, 2.05) is 25.2 Å². The van der Waals surface area contributed by atoms with E-state index in [4.69, 9.17) is 4.52 Å². The predicted molar refractivity (Wildman–Crippen MR) is 87.3 cm³/mol. The molecule has 0 amide bonds. The van der Waals surface area contributed by atoms with E-state index in [9.17, 15) is 0 Å². The van der Waals surface area contributed by atoms with Gasteiger partial charge < -0.3 is 9.84 Å². The van der Waals surface area contributed by atoms with Crippen LogP contribution in [0.4, 0.5) is 0 Å². The van der Waals surface area contributed by atoms with Crippen LogP contribution in [0.25, 0.3) is 0 Å². The first-order chi connectivity index (χ1) is 10.0. The van der Waals surface area contributed by atoms with Crippen LogP contribution in [0.5, 0.6) is 0 Å². The highest BCUT2D eigenvalue weighted by Crippen LogP contribution is 2.27. The molecular formula is C16H22BrN3O. The molecule has 1 aromatic carbocycles. The van der Waals surface area contributed by atoms with Crippen molar-refractivity contribution in [1.29, 1.82) is 0 Å². The maximum Gasteiger partial charge on any atom is 0.231 e. The molecule has 114 valence electrons. The highest BCUT2D eigenvalue weighted by molar-refractivity contribution is 9.10. The van der Waals surface area contributed by atoms with Crippen molar-refractivity contribution in [3.05, 3.63) is 46.0 Å². The number of nitrogens with zero attached hydrogens (tertiary/aromatic N) is 2. The molecule has 5 heteroatoms. The maximum absolute atomic E-state index is 5.51. The largest absolute Gasteiger partial charge is 0.339 e. The van der Waals surface area contributed by atoms with E-state index in [-0.39, 0.29) is 5.92 Å². The number of hydrogen-bond acceptors (Lipinski definition) is 4. The van der Waals surface area contributed by atoms with E-state index >= 15 is 0 Å². The number of likely N-dealkylation sites (N-methyl/N-ethyl adjacent to an activating group) is 1. The molecule has 0 spiro atoms. The minimum absolute atomic E-state index is 0.218. The number of halogens is 1. The lowest BCUT2D eigenvalue weighted by atomic mass is 9.89. The molecule has 0 fully saturated rings. The Morgan fingerprint density at radius 2 is 1.95 bits per heavy atom. The van der Waals surface area contributed by atoms with Crippen LogP contribution in [0.15, 0.2) is 33.3 Å². The average molecular weight is 352 g/mol. The summed E-state index contributed by atoms with van der Waals surface area (Å²) in [7, 11) is 1.96. The molecule has 2 unspecified atom stereocenters. The Balaban J connectivity index is 2.19. The van der Waals surface area contributed by atoms with Gasteiger partial charge in [-0.1, -0.05) is 53.1 Å². The predicted octanol–water partition coefficient (Wildman–Crippen LogP) is 3.77. The summed E-state index contributed by atoms with van der Waals surface area (Å²) in [5.41, 5.74) is 1.16. The summed E-state index contributed by atoms with van der Waals surface area (Å²) in [6.07, 6.45) is 0.670. The zero-order chi connectivity index (χ0) is 15.4. The standard InChI is InChI=1S/C16H22BrN3O/c1-10(2)15(11(3)18-4)16-19-14(20-21-16)9-12-7-5-6-8-13(12)17/h5-8,10-11,15,18H,9H2,1-4H3. The molecule has 1 N–H and O–H groups in total. The Kier molecular flexibility index (Phi) is 5.53. The molecule has 21 heavy (non-hydrogen) atoms. The number of benzene rings is 1. The molecule has 0 aliphatic carbocycles. The van der Waals surface area contributed by atoms with Crippen molar-refractivity contribution in [2.45, 2.75) is 39.2 Å². The first-order valence-corrected chi connectivity index (χ1v) is 8.05. The molecule has 0 aliphatic heterocycles. The van der Waals surface area contributed by atoms with E-state index in [1.165, 1.54) is 0 Å². The summed E-state index contributed by atoms with van der Waals surface area (Å²) >= 11 is 3.55. The second-order valence-corrected chi connectivity index (χ2v) is 6.52. The second-order valence-electron chi connectivity index (χ2n) is 5.66. The lowest BCUT2D eigenvalue weighted by Crippen LogP contribution is -2.32. The van der Waals surface area contributed by atoms with Crippen LogP contribution >= 0.6 is 15.9 Å². The fraction of sp³-hybridized carbons (Fsp3) is 0.500. The highest BCUT2D eigenvalue weighted by Gasteiger charge is 2.27. The van der Waals surface area contributed by atoms with Crippen molar-refractivity contribution < 1.29 is 4.52 Å². The van der Waals surface area contributed by atoms with Crippen molar-refractivity contribution in [3.8, 4) is 0 Å². The van der Waals surface area contributed by atoms with Crippen molar-refractivity contribution in [1.82, 2.24) is 15.5 Å². The van der Waals surface area contributed by atoms with Crippen LogP contribution in [0, 0.1) is 5.92 Å². The lowest BCUT2D eigenvalue weighted by molar-refractivity contribution is 0.285. The minimum atomic E-state index is 0.218. The quantitative estimate of drug-likeness (QED) is 0.860. The van der Waals surface area contributed by atoms with Crippen LogP contribution in [-0.2, 0) is 6.42 Å². The molecule has 2 atom stereocenters. The Morgan fingerprint density at radius 3 is 2.57 bits per heavy atom. The second kappa shape index (κ2) is 7.18. The van der Waals surface area contributed by atoms with Gasteiger partial charge >= 0.3 is 0 Å². The van der Waals surface area contributed by atoms with Crippen LogP contribution in [0.1, 0.15) is 44.0 Å². The Labute approximate surface area is 134 Å². The van der Waals surface area contributed by atoms with Gasteiger partial charge in [-0.25, -0.2) is 0 Å². The Hall–Kier alpha value is -1.20. The SMILES string of the molecule is CNC(C)C(c1nc(Cc2ccccc2Br)no1)C(C)C. The van der Waals surface area contributed by atoms with Gasteiger partial charge in [0.25, 0.3) is 0 Å². The van der Waals surface area contributed by atoms with Crippen LogP contribution in [0.3, 0.4) is 0 Å². The normalized spacial score (nSPS) is 14.4. The van der Waals surface area contributed by atoms with Gasteiger partial charge in [0.1, 0.15) is 0 Å². The molecule has 1 heterocycles. The minimum Gasteiger partial charge on any atom is -0.339 e. The zero-order valence-corrected chi connectivity index (χ0v) is 14.5. The third kappa shape index (κ3) is 3.92. The zero-order valence-electron chi connectivity index (χ0n) is 12.9. The average Bonchev–Trinajstić information content (AvgIpc) is 2.89. The molecule has 0 saturated heterocycles. The first-order valence-electron chi connectivity index (χ1n) is 7.26. The van der Waals surface area contributed by atoms with Gasteiger partial charge in [-0.15, -0.1) is 0 Å². The van der Waals surface area contributed by atoms with E-state index in [0.29, 0.717) is 24.3 Å². The van der Waals surface area contributed by atoms with Crippen LogP contribution < -0.4 is 5.32 Å². The van der Waals surface area contributed by atoms with Gasteiger partial charge in [0.05, 0.1) is 5.92 Å². The van der Waals surface area contributed by atoms with Gasteiger partial charge in [0.15, 0.2) is 5.82 Å². The molecule has 1 aromatic heterocycles. The molecule has 0 bridgehead atoms. The fourth-order valence-corrected chi connectivity index (χ4v) is 2.97. The van der Waals surface area contributed by atoms with Crippen molar-refractivity contribution in [3.63, 3.8) is 0 Å². The van der Waals surface area contributed by atoms with Crippen molar-refractivity contribution >= 4 is 15.9 Å². The monoisotopic (exact) mass is 351 g/mol. The smallest absolute Gasteiger partial charge is 0.231 e. The molecule has 0 aliphatic rings. The summed E-state index contributed by atoms with van der Waals surface area (Å²) in [6.45, 7) is 6.49. The Bertz CT molecular complexity index is 582. The summed E-state index contributed by atoms with van der Waals surface area (Å²) in [5.74, 6) is 2.10. The summed E-state index contributed by atoms with van der Waals surface area (Å²) in [4.78, 5) is 4.60. The van der Waals surface area contributed by atoms with E-state index in [2.05, 4.69) is 58.2 Å². The maximum atomic E-state index is 5.51. The summed E-state index contributed by atoms with van der Waals surface area (Å²) in [5, 5.41) is 7.42. The molecule has 4 nitrogen and oxygen atoms in total. The topological polar surface area (TPSA) is 51.0 Å². The van der Waals surface area contributed by atoms with E-state index in [0.717, 1.165) is 15.9 Å². The molecule has 2 aromatic rings. The summed E-state index contributed by atoms with van der Waals surface area (Å²) in [6, 6.07) is 8.40. The van der Waals surface area contributed by atoms with Gasteiger partial charge in [0.2, 0.25) is 5.89 Å². The Morgan fingerprint density at radius 1 is 1.24 bits per heavy atom. The first kappa shape index (κ1) is 16.2. The van der Waals surface area contributed by atoms with Crippen LogP contribution in [-0.4, -0.2) is 23.2 Å². The fourth-order valence-electron chi connectivity index (χ4n) is 2.54. The van der Waals surface area contributed by atoms with Crippen molar-refractivity contribution in [2.24, 2.45) is 5.92 Å². The number of rotatable bonds is 6.